The molecule has 1 saturated heterocycles. The Balaban J connectivity index is 1.79. The van der Waals surface area contributed by atoms with Gasteiger partial charge in [0.15, 0.2) is 0 Å². The van der Waals surface area contributed by atoms with Crippen LogP contribution in [0.15, 0.2) is 46.9 Å². The summed E-state index contributed by atoms with van der Waals surface area (Å²) in [5.74, 6) is 0.131. The van der Waals surface area contributed by atoms with Crippen LogP contribution in [0, 0.1) is 11.7 Å². The third kappa shape index (κ3) is 2.44. The summed E-state index contributed by atoms with van der Waals surface area (Å²) in [6.45, 7) is 0.752. The van der Waals surface area contributed by atoms with Gasteiger partial charge in [0.2, 0.25) is 0 Å². The van der Waals surface area contributed by atoms with E-state index in [0.717, 1.165) is 35.2 Å². The first-order valence-corrected chi connectivity index (χ1v) is 8.45. The minimum absolute atomic E-state index is 0.0234. The zero-order valence-corrected chi connectivity index (χ0v) is 13.6. The maximum atomic E-state index is 13.6. The summed E-state index contributed by atoms with van der Waals surface area (Å²) in [5, 5.41) is 3.60. The summed E-state index contributed by atoms with van der Waals surface area (Å²) in [5.41, 5.74) is 3.18. The monoisotopic (exact) mass is 361 g/mol. The highest BCUT2D eigenvalue weighted by Gasteiger charge is 2.39. The predicted molar refractivity (Wildman–Crippen MR) is 88.3 cm³/mol. The second-order valence-electron chi connectivity index (χ2n) is 6.01. The van der Waals surface area contributed by atoms with E-state index in [4.69, 9.17) is 4.74 Å². The molecule has 3 atom stereocenters. The van der Waals surface area contributed by atoms with E-state index in [9.17, 15) is 4.39 Å². The van der Waals surface area contributed by atoms with E-state index in [-0.39, 0.29) is 18.0 Å². The third-order valence-corrected chi connectivity index (χ3v) is 5.13. The van der Waals surface area contributed by atoms with Crippen molar-refractivity contribution in [2.24, 2.45) is 5.92 Å². The van der Waals surface area contributed by atoms with Crippen LogP contribution in [0.25, 0.3) is 0 Å². The highest BCUT2D eigenvalue weighted by Crippen LogP contribution is 2.49. The summed E-state index contributed by atoms with van der Waals surface area (Å²) >= 11 is 3.55. The molecule has 0 radical (unpaired) electrons. The molecule has 1 fully saturated rings. The van der Waals surface area contributed by atoms with Crippen LogP contribution < -0.4 is 5.32 Å². The fourth-order valence-corrected chi connectivity index (χ4v) is 4.09. The Morgan fingerprint density at radius 2 is 2.09 bits per heavy atom. The van der Waals surface area contributed by atoms with Crippen LogP contribution in [-0.4, -0.2) is 6.61 Å². The number of ether oxygens (including phenoxy) is 1. The highest BCUT2D eigenvalue weighted by molar-refractivity contribution is 9.10. The molecule has 2 aromatic rings. The van der Waals surface area contributed by atoms with Crippen molar-refractivity contribution in [2.75, 3.05) is 11.9 Å². The minimum Gasteiger partial charge on any atom is -0.378 e. The normalized spacial score (nSPS) is 26.7. The summed E-state index contributed by atoms with van der Waals surface area (Å²) < 4.78 is 20.7. The lowest BCUT2D eigenvalue weighted by molar-refractivity contribution is -0.0382. The van der Waals surface area contributed by atoms with Gasteiger partial charge in [0, 0.05) is 28.2 Å². The van der Waals surface area contributed by atoms with Gasteiger partial charge in [-0.3, -0.25) is 0 Å². The lowest BCUT2D eigenvalue weighted by atomic mass is 9.77. The zero-order chi connectivity index (χ0) is 15.1. The molecule has 4 heteroatoms. The van der Waals surface area contributed by atoms with E-state index in [1.807, 2.05) is 12.1 Å². The molecule has 0 saturated carbocycles. The molecule has 2 aliphatic heterocycles. The van der Waals surface area contributed by atoms with Crippen LogP contribution in [0.1, 0.15) is 36.1 Å². The second kappa shape index (κ2) is 5.67. The largest absolute Gasteiger partial charge is 0.378 e. The molecule has 2 aliphatic rings. The molecule has 1 N–H and O–H groups in total. The Bertz CT molecular complexity index is 705. The van der Waals surface area contributed by atoms with Gasteiger partial charge in [-0.25, -0.2) is 4.39 Å². The molecule has 114 valence electrons. The molecule has 0 aliphatic carbocycles. The molecule has 0 bridgehead atoms. The van der Waals surface area contributed by atoms with Crippen molar-refractivity contribution in [2.45, 2.75) is 25.0 Å². The molecule has 2 aromatic carbocycles. The van der Waals surface area contributed by atoms with E-state index in [0.29, 0.717) is 5.92 Å². The van der Waals surface area contributed by atoms with Crippen LogP contribution in [0.3, 0.4) is 0 Å². The van der Waals surface area contributed by atoms with E-state index < -0.39 is 0 Å². The molecular weight excluding hydrogens is 345 g/mol. The average Bonchev–Trinajstić information content (AvgIpc) is 2.54. The van der Waals surface area contributed by atoms with Gasteiger partial charge in [-0.1, -0.05) is 28.1 Å². The van der Waals surface area contributed by atoms with Gasteiger partial charge >= 0.3 is 0 Å². The Morgan fingerprint density at radius 1 is 1.18 bits per heavy atom. The average molecular weight is 362 g/mol. The minimum atomic E-state index is -0.200. The highest BCUT2D eigenvalue weighted by atomic mass is 79.9. The van der Waals surface area contributed by atoms with Crippen LogP contribution >= 0.6 is 15.9 Å². The maximum absolute atomic E-state index is 13.6. The van der Waals surface area contributed by atoms with Crippen LogP contribution in [-0.2, 0) is 4.74 Å². The standard InChI is InChI=1S/C18H17BrFNO/c19-12-4-1-3-11(9-12)17-14-5-2-8-22-18(14)15-10-13(20)6-7-16(15)21-17/h1,3-4,6-7,9-10,14,17-18,21H,2,5,8H2/t14-,17+,18-/m1/s1. The van der Waals surface area contributed by atoms with Crippen LogP contribution in [0.5, 0.6) is 0 Å². The van der Waals surface area contributed by atoms with Gasteiger partial charge in [-0.2, -0.15) is 0 Å². The Morgan fingerprint density at radius 3 is 2.95 bits per heavy atom. The second-order valence-corrected chi connectivity index (χ2v) is 6.92. The number of fused-ring (bicyclic) bond motifs is 3. The molecule has 0 unspecified atom stereocenters. The van der Waals surface area contributed by atoms with E-state index in [1.165, 1.54) is 11.6 Å². The van der Waals surface area contributed by atoms with Crippen molar-refractivity contribution in [3.8, 4) is 0 Å². The summed E-state index contributed by atoms with van der Waals surface area (Å²) in [6, 6.07) is 13.5. The molecular formula is C18H17BrFNO. The Kier molecular flexibility index (Phi) is 3.66. The number of benzene rings is 2. The fraction of sp³-hybridized carbons (Fsp3) is 0.333. The van der Waals surface area contributed by atoms with Crippen LogP contribution in [0.4, 0.5) is 10.1 Å². The summed E-state index contributed by atoms with van der Waals surface area (Å²) in [4.78, 5) is 0. The van der Waals surface area contributed by atoms with Crippen molar-refractivity contribution in [1.29, 1.82) is 0 Å². The van der Waals surface area contributed by atoms with Gasteiger partial charge < -0.3 is 10.1 Å². The topological polar surface area (TPSA) is 21.3 Å². The quantitative estimate of drug-likeness (QED) is 0.751. The zero-order valence-electron chi connectivity index (χ0n) is 12.1. The maximum Gasteiger partial charge on any atom is 0.123 e. The summed E-state index contributed by atoms with van der Waals surface area (Å²) in [6.07, 6.45) is 2.12. The lowest BCUT2D eigenvalue weighted by Crippen LogP contribution is -2.36. The Labute approximate surface area is 137 Å². The van der Waals surface area contributed by atoms with E-state index in [1.54, 1.807) is 6.07 Å². The fourth-order valence-electron chi connectivity index (χ4n) is 3.67. The number of hydrogen-bond donors (Lipinski definition) is 1. The lowest BCUT2D eigenvalue weighted by Gasteiger charge is -2.43. The van der Waals surface area contributed by atoms with Gasteiger partial charge in [-0.15, -0.1) is 0 Å². The van der Waals surface area contributed by atoms with Crippen molar-refractivity contribution in [1.82, 2.24) is 0 Å². The molecule has 2 heterocycles. The van der Waals surface area contributed by atoms with Gasteiger partial charge in [-0.05, 0) is 48.7 Å². The number of nitrogens with one attached hydrogen (secondary N) is 1. The summed E-state index contributed by atoms with van der Waals surface area (Å²) in [7, 11) is 0. The van der Waals surface area contributed by atoms with Crippen molar-refractivity contribution in [3.05, 3.63) is 63.9 Å². The SMILES string of the molecule is Fc1ccc2c(c1)[C@@H]1OCCC[C@@H]1[C@H](c1cccc(Br)c1)N2. The van der Waals surface area contributed by atoms with Crippen molar-refractivity contribution in [3.63, 3.8) is 0 Å². The van der Waals surface area contributed by atoms with Crippen LogP contribution in [0.2, 0.25) is 0 Å². The van der Waals surface area contributed by atoms with Gasteiger partial charge in [0.05, 0.1) is 12.1 Å². The third-order valence-electron chi connectivity index (χ3n) is 4.64. The molecule has 4 rings (SSSR count). The molecule has 2 nitrogen and oxygen atoms in total. The first kappa shape index (κ1) is 14.2. The number of rotatable bonds is 1. The van der Waals surface area contributed by atoms with Crippen molar-refractivity contribution >= 4 is 21.6 Å². The van der Waals surface area contributed by atoms with Gasteiger partial charge in [0.25, 0.3) is 0 Å². The molecule has 0 aromatic heterocycles. The van der Waals surface area contributed by atoms with E-state index >= 15 is 0 Å². The van der Waals surface area contributed by atoms with Gasteiger partial charge in [0.1, 0.15) is 5.82 Å². The predicted octanol–water partition coefficient (Wildman–Crippen LogP) is 5.22. The first-order valence-electron chi connectivity index (χ1n) is 7.65. The van der Waals surface area contributed by atoms with Crippen molar-refractivity contribution < 1.29 is 9.13 Å². The van der Waals surface area contributed by atoms with E-state index in [2.05, 4.69) is 39.4 Å². The smallest absolute Gasteiger partial charge is 0.123 e. The number of hydrogen-bond acceptors (Lipinski definition) is 2. The molecule has 22 heavy (non-hydrogen) atoms. The molecule has 0 spiro atoms. The Hall–Kier alpha value is -1.39. The first-order chi connectivity index (χ1) is 10.7. The number of halogens is 2. The number of anilines is 1. The molecule has 0 amide bonds.